The number of nitrogens with zero attached hydrogens (tertiary/aromatic N) is 3. The maximum Gasteiger partial charge on any atom is 0.251 e. The van der Waals surface area contributed by atoms with Crippen molar-refractivity contribution in [2.24, 2.45) is 0 Å². The summed E-state index contributed by atoms with van der Waals surface area (Å²) in [5, 5.41) is 2.78. The molecule has 11 heavy (non-hydrogen) atoms. The van der Waals surface area contributed by atoms with E-state index in [4.69, 9.17) is 18.0 Å². The van der Waals surface area contributed by atoms with Crippen LogP contribution in [0.2, 0.25) is 0 Å². The molecular weight excluding hydrogens is 162 g/mol. The van der Waals surface area contributed by atoms with Gasteiger partial charge in [0.15, 0.2) is 0 Å². The number of fused-ring (bicyclic) bond motifs is 1. The van der Waals surface area contributed by atoms with Gasteiger partial charge >= 0.3 is 0 Å². The Morgan fingerprint density at radius 1 is 1.64 bits per heavy atom. The second-order valence-electron chi connectivity index (χ2n) is 2.09. The van der Waals surface area contributed by atoms with Gasteiger partial charge in [0.05, 0.1) is 18.1 Å². The Hall–Kier alpha value is -1.43. The molecule has 0 amide bonds. The van der Waals surface area contributed by atoms with Gasteiger partial charge in [-0.3, -0.25) is 5.10 Å². The Balaban J connectivity index is 2.92. The van der Waals surface area contributed by atoms with Gasteiger partial charge < -0.3 is 5.73 Å². The maximum atomic E-state index is 5.47. The van der Waals surface area contributed by atoms with E-state index in [1.165, 1.54) is 6.20 Å². The minimum absolute atomic E-state index is 0.406. The molecule has 3 N–H and O–H groups in total. The minimum Gasteiger partial charge on any atom is -0.396 e. The lowest BCUT2D eigenvalue weighted by atomic mass is 10.6. The van der Waals surface area contributed by atoms with E-state index >= 15 is 0 Å². The quantitative estimate of drug-likeness (QED) is 0.556. The topological polar surface area (TPSA) is 72.0 Å². The fourth-order valence-electron chi connectivity index (χ4n) is 0.818. The summed E-state index contributed by atoms with van der Waals surface area (Å²) in [5.41, 5.74) is 6.04. The van der Waals surface area contributed by atoms with Gasteiger partial charge in [-0.05, 0) is 12.2 Å². The first kappa shape index (κ1) is 6.29. The number of hydrogen-bond acceptors (Lipinski definition) is 4. The van der Waals surface area contributed by atoms with Crippen molar-refractivity contribution in [2.45, 2.75) is 0 Å². The highest BCUT2D eigenvalue weighted by Crippen LogP contribution is 1.99. The number of rotatable bonds is 0. The number of hydrogen-bond donors (Lipinski definition) is 2. The molecule has 0 atom stereocenters. The van der Waals surface area contributed by atoms with Crippen LogP contribution in [-0.4, -0.2) is 19.6 Å². The Bertz CT molecular complexity index is 441. The predicted octanol–water partition coefficient (Wildman–Crippen LogP) is 0.369. The van der Waals surface area contributed by atoms with Crippen molar-refractivity contribution in [3.8, 4) is 0 Å². The number of nitrogens with one attached hydrogen (secondary N) is 1. The number of H-pyrrole nitrogens is 1. The van der Waals surface area contributed by atoms with Gasteiger partial charge in [0.1, 0.15) is 0 Å². The maximum absolute atomic E-state index is 5.47. The Morgan fingerprint density at radius 2 is 2.45 bits per heavy atom. The SMILES string of the molecule is Nc1cnc2nc(=S)[nH]n2c1. The van der Waals surface area contributed by atoms with Gasteiger partial charge in [-0.15, -0.1) is 0 Å². The predicted molar refractivity (Wildman–Crippen MR) is 42.6 cm³/mol. The van der Waals surface area contributed by atoms with Crippen LogP contribution in [0.15, 0.2) is 12.4 Å². The number of nitrogens with two attached hydrogens (primary N) is 1. The summed E-state index contributed by atoms with van der Waals surface area (Å²) in [4.78, 5) is 7.84. The van der Waals surface area contributed by atoms with Crippen LogP contribution in [-0.2, 0) is 0 Å². The van der Waals surface area contributed by atoms with Crippen LogP contribution in [0.3, 0.4) is 0 Å². The average molecular weight is 167 g/mol. The summed E-state index contributed by atoms with van der Waals surface area (Å²) in [6.45, 7) is 0. The highest BCUT2D eigenvalue weighted by molar-refractivity contribution is 7.71. The zero-order valence-corrected chi connectivity index (χ0v) is 6.30. The molecule has 0 spiro atoms. The first-order valence-electron chi connectivity index (χ1n) is 2.95. The minimum atomic E-state index is 0.406. The van der Waals surface area contributed by atoms with Crippen molar-refractivity contribution in [2.75, 3.05) is 5.73 Å². The van der Waals surface area contributed by atoms with E-state index in [1.807, 2.05) is 0 Å². The molecule has 2 aromatic heterocycles. The molecule has 0 radical (unpaired) electrons. The van der Waals surface area contributed by atoms with Crippen molar-refractivity contribution in [1.29, 1.82) is 0 Å². The fourth-order valence-corrected chi connectivity index (χ4v) is 0.998. The largest absolute Gasteiger partial charge is 0.396 e. The van der Waals surface area contributed by atoms with Crippen LogP contribution in [0.25, 0.3) is 5.78 Å². The standard InChI is InChI=1S/C5H5N5S/c6-3-1-7-4-8-5(11)9-10(4)2-3/h1-2H,6H2,(H,9,11). The molecule has 5 nitrogen and oxygen atoms in total. The van der Waals surface area contributed by atoms with E-state index < -0.39 is 0 Å². The highest BCUT2D eigenvalue weighted by Gasteiger charge is 1.95. The van der Waals surface area contributed by atoms with Crippen molar-refractivity contribution < 1.29 is 0 Å². The van der Waals surface area contributed by atoms with Gasteiger partial charge in [0.2, 0.25) is 4.77 Å². The molecular formula is C5H5N5S. The molecule has 2 heterocycles. The zero-order chi connectivity index (χ0) is 7.84. The van der Waals surface area contributed by atoms with Crippen molar-refractivity contribution >= 4 is 23.7 Å². The molecule has 0 aliphatic carbocycles. The van der Waals surface area contributed by atoms with Gasteiger partial charge in [-0.1, -0.05) is 0 Å². The Morgan fingerprint density at radius 3 is 3.27 bits per heavy atom. The van der Waals surface area contributed by atoms with Gasteiger partial charge in [-0.2, -0.15) is 4.98 Å². The third-order valence-electron chi connectivity index (χ3n) is 1.24. The van der Waals surface area contributed by atoms with Gasteiger partial charge in [-0.25, -0.2) is 9.50 Å². The van der Waals surface area contributed by atoms with E-state index in [0.717, 1.165) is 0 Å². The number of aromatic amines is 1. The summed E-state index contributed by atoms with van der Waals surface area (Å²) in [6, 6.07) is 0. The van der Waals surface area contributed by atoms with E-state index in [2.05, 4.69) is 15.1 Å². The van der Waals surface area contributed by atoms with Crippen molar-refractivity contribution in [3.63, 3.8) is 0 Å². The number of anilines is 1. The van der Waals surface area contributed by atoms with Crippen LogP contribution in [0.1, 0.15) is 0 Å². The lowest BCUT2D eigenvalue weighted by molar-refractivity contribution is 0.935. The first-order valence-corrected chi connectivity index (χ1v) is 3.36. The smallest absolute Gasteiger partial charge is 0.251 e. The lowest BCUT2D eigenvalue weighted by Crippen LogP contribution is -1.94. The van der Waals surface area contributed by atoms with Crippen LogP contribution in [0, 0.1) is 4.77 Å². The number of nitrogen functional groups attached to an aromatic ring is 1. The second kappa shape index (κ2) is 2.03. The number of aromatic nitrogens is 4. The molecule has 2 rings (SSSR count). The van der Waals surface area contributed by atoms with E-state index in [1.54, 1.807) is 10.7 Å². The van der Waals surface area contributed by atoms with Crippen LogP contribution in [0.5, 0.6) is 0 Å². The monoisotopic (exact) mass is 167 g/mol. The van der Waals surface area contributed by atoms with Crippen LogP contribution >= 0.6 is 12.2 Å². The van der Waals surface area contributed by atoms with E-state index in [-0.39, 0.29) is 0 Å². The fraction of sp³-hybridized carbons (Fsp3) is 0. The van der Waals surface area contributed by atoms with Gasteiger partial charge in [0.25, 0.3) is 5.78 Å². The van der Waals surface area contributed by atoms with E-state index in [0.29, 0.717) is 16.2 Å². The molecule has 56 valence electrons. The summed E-state index contributed by atoms with van der Waals surface area (Å²) in [6.07, 6.45) is 3.20. The molecule has 0 unspecified atom stereocenters. The molecule has 0 aliphatic heterocycles. The molecule has 0 aromatic carbocycles. The van der Waals surface area contributed by atoms with Crippen molar-refractivity contribution in [3.05, 3.63) is 17.2 Å². The summed E-state index contributed by atoms with van der Waals surface area (Å²) >= 11 is 4.79. The third kappa shape index (κ3) is 0.966. The molecule has 2 aromatic rings. The van der Waals surface area contributed by atoms with Crippen molar-refractivity contribution in [1.82, 2.24) is 19.6 Å². The molecule has 6 heteroatoms. The Labute approximate surface area is 66.9 Å². The summed E-state index contributed by atoms with van der Waals surface area (Å²) < 4.78 is 1.99. The third-order valence-corrected chi connectivity index (χ3v) is 1.42. The normalized spacial score (nSPS) is 10.5. The van der Waals surface area contributed by atoms with Gasteiger partial charge in [0, 0.05) is 0 Å². The molecule has 0 saturated carbocycles. The average Bonchev–Trinajstić information content (AvgIpc) is 2.27. The molecule has 0 bridgehead atoms. The van der Waals surface area contributed by atoms with Crippen LogP contribution in [0.4, 0.5) is 5.69 Å². The molecule has 0 saturated heterocycles. The lowest BCUT2D eigenvalue weighted by Gasteiger charge is -1.91. The Kier molecular flexibility index (Phi) is 1.16. The first-order chi connectivity index (χ1) is 5.25. The van der Waals surface area contributed by atoms with Crippen LogP contribution < -0.4 is 5.73 Å². The van der Waals surface area contributed by atoms with E-state index in [9.17, 15) is 0 Å². The second-order valence-corrected chi connectivity index (χ2v) is 2.47. The zero-order valence-electron chi connectivity index (χ0n) is 5.48. The molecule has 0 fully saturated rings. The summed E-state index contributed by atoms with van der Waals surface area (Å²) in [5.74, 6) is 0.532. The summed E-state index contributed by atoms with van der Waals surface area (Å²) in [7, 11) is 0. The molecule has 0 aliphatic rings. The highest BCUT2D eigenvalue weighted by atomic mass is 32.1.